The zero-order valence-electron chi connectivity index (χ0n) is 10.7. The molecule has 0 spiro atoms. The predicted molar refractivity (Wildman–Crippen MR) is 64.0 cm³/mol. The van der Waals surface area contributed by atoms with Gasteiger partial charge in [-0.15, -0.1) is 0 Å². The zero-order valence-corrected chi connectivity index (χ0v) is 10.7. The Morgan fingerprint density at radius 3 is 2.53 bits per heavy atom. The van der Waals surface area contributed by atoms with Crippen molar-refractivity contribution in [2.45, 2.75) is 46.6 Å². The zero-order chi connectivity index (χ0) is 11.7. The molecule has 0 radical (unpaired) electrons. The van der Waals surface area contributed by atoms with Gasteiger partial charge in [-0.3, -0.25) is 0 Å². The normalized spacial score (nSPS) is 14.2. The number of nitrogens with two attached hydrogens (primary N) is 1. The molecule has 0 aliphatic heterocycles. The largest absolute Gasteiger partial charge is 0.379 e. The van der Waals surface area contributed by atoms with E-state index in [-0.39, 0.29) is 11.5 Å². The molecule has 2 N–H and O–H groups in total. The lowest BCUT2D eigenvalue weighted by Gasteiger charge is -2.22. The van der Waals surface area contributed by atoms with Crippen molar-refractivity contribution in [3.8, 4) is 0 Å². The maximum Gasteiger partial charge on any atom is 0.0780 e. The molecular weight excluding hydrogens is 190 g/mol. The van der Waals surface area contributed by atoms with Crippen molar-refractivity contribution in [3.05, 3.63) is 0 Å². The monoisotopic (exact) mass is 217 g/mol. The Hall–Kier alpha value is -0.120. The van der Waals surface area contributed by atoms with E-state index in [4.69, 9.17) is 15.2 Å². The van der Waals surface area contributed by atoms with Gasteiger partial charge in [0, 0.05) is 13.2 Å². The summed E-state index contributed by atoms with van der Waals surface area (Å²) in [5.41, 5.74) is 5.90. The minimum absolute atomic E-state index is 0.200. The summed E-state index contributed by atoms with van der Waals surface area (Å²) in [5.74, 6) is 0. The molecule has 0 amide bonds. The molecule has 0 rings (SSSR count). The van der Waals surface area contributed by atoms with Crippen LogP contribution in [0.4, 0.5) is 0 Å². The van der Waals surface area contributed by atoms with Crippen LogP contribution in [0.3, 0.4) is 0 Å². The number of hydrogen-bond acceptors (Lipinski definition) is 3. The summed E-state index contributed by atoms with van der Waals surface area (Å²) in [6.07, 6.45) is 2.39. The minimum Gasteiger partial charge on any atom is -0.379 e. The molecule has 0 aromatic rings. The molecule has 1 atom stereocenters. The molecule has 0 saturated carbocycles. The van der Waals surface area contributed by atoms with Crippen LogP contribution in [0.25, 0.3) is 0 Å². The standard InChI is InChI=1S/C12H27NO2/c1-5-14-9-11(2)15-8-6-7-12(3,4)10-13/h11H,5-10,13H2,1-4H3. The summed E-state index contributed by atoms with van der Waals surface area (Å²) in [4.78, 5) is 0. The second kappa shape index (κ2) is 8.08. The highest BCUT2D eigenvalue weighted by Gasteiger charge is 2.14. The molecule has 3 heteroatoms. The maximum atomic E-state index is 5.65. The topological polar surface area (TPSA) is 44.5 Å². The fourth-order valence-corrected chi connectivity index (χ4v) is 1.27. The Kier molecular flexibility index (Phi) is 8.02. The predicted octanol–water partition coefficient (Wildman–Crippen LogP) is 2.19. The van der Waals surface area contributed by atoms with Crippen LogP contribution in [0.15, 0.2) is 0 Å². The molecule has 1 unspecified atom stereocenters. The van der Waals surface area contributed by atoms with Crippen molar-refractivity contribution >= 4 is 0 Å². The Morgan fingerprint density at radius 2 is 2.00 bits per heavy atom. The van der Waals surface area contributed by atoms with Crippen LogP contribution < -0.4 is 5.73 Å². The summed E-state index contributed by atoms with van der Waals surface area (Å²) < 4.78 is 10.9. The van der Waals surface area contributed by atoms with Crippen LogP contribution in [0.2, 0.25) is 0 Å². The van der Waals surface area contributed by atoms with E-state index in [1.54, 1.807) is 0 Å². The number of ether oxygens (including phenoxy) is 2. The number of rotatable bonds is 9. The summed E-state index contributed by atoms with van der Waals surface area (Å²) >= 11 is 0. The first-order valence-corrected chi connectivity index (χ1v) is 5.91. The van der Waals surface area contributed by atoms with Gasteiger partial charge in [-0.1, -0.05) is 13.8 Å². The Bertz CT molecular complexity index is 149. The average molecular weight is 217 g/mol. The molecule has 0 heterocycles. The van der Waals surface area contributed by atoms with Gasteiger partial charge in [0.1, 0.15) is 0 Å². The van der Waals surface area contributed by atoms with Crippen molar-refractivity contribution in [1.29, 1.82) is 0 Å². The van der Waals surface area contributed by atoms with Crippen molar-refractivity contribution in [3.63, 3.8) is 0 Å². The van der Waals surface area contributed by atoms with Gasteiger partial charge in [0.15, 0.2) is 0 Å². The lowest BCUT2D eigenvalue weighted by Crippen LogP contribution is -2.24. The molecular formula is C12H27NO2. The quantitative estimate of drug-likeness (QED) is 0.602. The molecule has 0 saturated heterocycles. The highest BCUT2D eigenvalue weighted by atomic mass is 16.5. The van der Waals surface area contributed by atoms with Crippen LogP contribution in [0.5, 0.6) is 0 Å². The van der Waals surface area contributed by atoms with Gasteiger partial charge in [0.25, 0.3) is 0 Å². The second-order valence-corrected chi connectivity index (χ2v) is 4.81. The molecule has 0 aromatic carbocycles. The fourth-order valence-electron chi connectivity index (χ4n) is 1.27. The molecule has 0 aromatic heterocycles. The molecule has 3 nitrogen and oxygen atoms in total. The van der Waals surface area contributed by atoms with Gasteiger partial charge < -0.3 is 15.2 Å². The van der Waals surface area contributed by atoms with Crippen LogP contribution >= 0.6 is 0 Å². The fraction of sp³-hybridized carbons (Fsp3) is 1.00. The van der Waals surface area contributed by atoms with Gasteiger partial charge >= 0.3 is 0 Å². The first-order valence-electron chi connectivity index (χ1n) is 5.91. The van der Waals surface area contributed by atoms with E-state index in [2.05, 4.69) is 13.8 Å². The third-order valence-electron chi connectivity index (χ3n) is 2.51. The summed E-state index contributed by atoms with van der Waals surface area (Å²) in [5, 5.41) is 0. The SMILES string of the molecule is CCOCC(C)OCCCC(C)(C)CN. The van der Waals surface area contributed by atoms with Gasteiger partial charge in [-0.2, -0.15) is 0 Å². The van der Waals surface area contributed by atoms with Crippen LogP contribution in [0.1, 0.15) is 40.5 Å². The van der Waals surface area contributed by atoms with Crippen LogP contribution in [-0.2, 0) is 9.47 Å². The molecule has 0 aliphatic rings. The van der Waals surface area contributed by atoms with E-state index in [1.807, 2.05) is 13.8 Å². The molecule has 92 valence electrons. The highest BCUT2D eigenvalue weighted by molar-refractivity contribution is 4.68. The van der Waals surface area contributed by atoms with E-state index in [0.29, 0.717) is 6.61 Å². The lowest BCUT2D eigenvalue weighted by molar-refractivity contribution is -0.00640. The van der Waals surface area contributed by atoms with E-state index in [1.165, 1.54) is 0 Å². The van der Waals surface area contributed by atoms with Gasteiger partial charge in [-0.05, 0) is 38.6 Å². The van der Waals surface area contributed by atoms with Crippen molar-refractivity contribution in [2.75, 3.05) is 26.4 Å². The van der Waals surface area contributed by atoms with E-state index in [0.717, 1.165) is 32.6 Å². The van der Waals surface area contributed by atoms with E-state index in [9.17, 15) is 0 Å². The Balaban J connectivity index is 3.37. The smallest absolute Gasteiger partial charge is 0.0780 e. The van der Waals surface area contributed by atoms with Crippen LogP contribution in [0, 0.1) is 5.41 Å². The summed E-state index contributed by atoms with van der Waals surface area (Å²) in [7, 11) is 0. The summed E-state index contributed by atoms with van der Waals surface area (Å²) in [6, 6.07) is 0. The third kappa shape index (κ3) is 8.85. The van der Waals surface area contributed by atoms with Gasteiger partial charge in [-0.25, -0.2) is 0 Å². The molecule has 15 heavy (non-hydrogen) atoms. The van der Waals surface area contributed by atoms with Gasteiger partial charge in [0.2, 0.25) is 0 Å². The highest BCUT2D eigenvalue weighted by Crippen LogP contribution is 2.20. The molecule has 0 aliphatic carbocycles. The van der Waals surface area contributed by atoms with Crippen molar-refractivity contribution in [1.82, 2.24) is 0 Å². The van der Waals surface area contributed by atoms with Crippen molar-refractivity contribution < 1.29 is 9.47 Å². The van der Waals surface area contributed by atoms with Gasteiger partial charge in [0.05, 0.1) is 12.7 Å². The second-order valence-electron chi connectivity index (χ2n) is 4.81. The van der Waals surface area contributed by atoms with E-state index < -0.39 is 0 Å². The maximum absolute atomic E-state index is 5.65. The first-order chi connectivity index (χ1) is 7.02. The third-order valence-corrected chi connectivity index (χ3v) is 2.51. The van der Waals surface area contributed by atoms with Crippen molar-refractivity contribution in [2.24, 2.45) is 11.1 Å². The Morgan fingerprint density at radius 1 is 1.33 bits per heavy atom. The first kappa shape index (κ1) is 14.9. The Labute approximate surface area is 94.3 Å². The molecule has 0 fully saturated rings. The average Bonchev–Trinajstić information content (AvgIpc) is 2.21. The van der Waals surface area contributed by atoms with E-state index >= 15 is 0 Å². The minimum atomic E-state index is 0.200. The molecule has 0 bridgehead atoms. The van der Waals surface area contributed by atoms with Crippen LogP contribution in [-0.4, -0.2) is 32.5 Å². The summed E-state index contributed by atoms with van der Waals surface area (Å²) in [6.45, 7) is 11.4. The lowest BCUT2D eigenvalue weighted by atomic mass is 9.88. The number of hydrogen-bond donors (Lipinski definition) is 1.